The van der Waals surface area contributed by atoms with Gasteiger partial charge < -0.3 is 19.8 Å². The molecule has 6 heteroatoms. The van der Waals surface area contributed by atoms with E-state index in [1.165, 1.54) is 0 Å². The molecule has 0 aromatic heterocycles. The highest BCUT2D eigenvalue weighted by Crippen LogP contribution is 2.21. The van der Waals surface area contributed by atoms with Gasteiger partial charge in [0.2, 0.25) is 0 Å². The lowest BCUT2D eigenvalue weighted by molar-refractivity contribution is -0.142. The lowest BCUT2D eigenvalue weighted by atomic mass is 10.1. The van der Waals surface area contributed by atoms with Gasteiger partial charge in [0.1, 0.15) is 6.04 Å². The standard InChI is InChI=1S/C15H27N3O3/c1-16(2)12-7-6-9-17(11-12)15(21)18-10-5-3-4-8-13(18)14(19)20/h12-13H,3-11H2,1-2H3,(H,19,20). The predicted molar refractivity (Wildman–Crippen MR) is 80.3 cm³/mol. The summed E-state index contributed by atoms with van der Waals surface area (Å²) in [5.41, 5.74) is 0. The van der Waals surface area contributed by atoms with E-state index in [2.05, 4.69) is 4.90 Å². The Kier molecular flexibility index (Phi) is 5.45. The van der Waals surface area contributed by atoms with E-state index in [0.717, 1.165) is 38.6 Å². The van der Waals surface area contributed by atoms with Crippen molar-refractivity contribution in [2.45, 2.75) is 50.6 Å². The smallest absolute Gasteiger partial charge is 0.326 e. The van der Waals surface area contributed by atoms with Crippen LogP contribution in [0.2, 0.25) is 0 Å². The summed E-state index contributed by atoms with van der Waals surface area (Å²) in [6, 6.07) is -0.367. The van der Waals surface area contributed by atoms with E-state index in [1.807, 2.05) is 19.0 Å². The number of likely N-dealkylation sites (tertiary alicyclic amines) is 2. The molecule has 0 aromatic carbocycles. The van der Waals surface area contributed by atoms with Gasteiger partial charge in [0.25, 0.3) is 0 Å². The fourth-order valence-corrected chi connectivity index (χ4v) is 3.33. The minimum Gasteiger partial charge on any atom is -0.480 e. The van der Waals surface area contributed by atoms with Gasteiger partial charge in [-0.25, -0.2) is 9.59 Å². The largest absolute Gasteiger partial charge is 0.480 e. The maximum Gasteiger partial charge on any atom is 0.326 e. The van der Waals surface area contributed by atoms with Crippen molar-refractivity contribution in [2.24, 2.45) is 0 Å². The normalized spacial score (nSPS) is 27.6. The lowest BCUT2D eigenvalue weighted by Crippen LogP contribution is -2.55. The molecule has 21 heavy (non-hydrogen) atoms. The number of hydrogen-bond donors (Lipinski definition) is 1. The number of hydrogen-bond acceptors (Lipinski definition) is 3. The van der Waals surface area contributed by atoms with E-state index in [9.17, 15) is 14.7 Å². The summed E-state index contributed by atoms with van der Waals surface area (Å²) in [5.74, 6) is -0.869. The summed E-state index contributed by atoms with van der Waals surface area (Å²) in [6.45, 7) is 2.01. The summed E-state index contributed by atoms with van der Waals surface area (Å²) in [5, 5.41) is 9.40. The molecule has 2 unspecified atom stereocenters. The molecule has 2 rings (SSSR count). The van der Waals surface area contributed by atoms with Crippen LogP contribution in [0.3, 0.4) is 0 Å². The second-order valence-corrected chi connectivity index (χ2v) is 6.39. The molecule has 2 atom stereocenters. The molecule has 2 aliphatic heterocycles. The Morgan fingerprint density at radius 2 is 1.81 bits per heavy atom. The average Bonchev–Trinajstić information content (AvgIpc) is 2.72. The minimum absolute atomic E-state index is 0.0872. The average molecular weight is 297 g/mol. The van der Waals surface area contributed by atoms with E-state index in [-0.39, 0.29) is 6.03 Å². The van der Waals surface area contributed by atoms with Gasteiger partial charge in [-0.05, 0) is 39.8 Å². The third kappa shape index (κ3) is 3.87. The third-order valence-corrected chi connectivity index (χ3v) is 4.68. The number of urea groups is 1. The summed E-state index contributed by atoms with van der Waals surface area (Å²) in [6.07, 6.45) is 5.46. The topological polar surface area (TPSA) is 64.1 Å². The van der Waals surface area contributed by atoms with Crippen LogP contribution in [0.15, 0.2) is 0 Å². The van der Waals surface area contributed by atoms with Crippen LogP contribution in [0, 0.1) is 0 Å². The third-order valence-electron chi connectivity index (χ3n) is 4.68. The number of carbonyl (C=O) groups is 2. The monoisotopic (exact) mass is 297 g/mol. The van der Waals surface area contributed by atoms with E-state index < -0.39 is 12.0 Å². The Balaban J connectivity index is 2.07. The second-order valence-electron chi connectivity index (χ2n) is 6.39. The van der Waals surface area contributed by atoms with Crippen LogP contribution in [-0.2, 0) is 4.79 Å². The molecule has 0 radical (unpaired) electrons. The van der Waals surface area contributed by atoms with Gasteiger partial charge in [0.05, 0.1) is 0 Å². The van der Waals surface area contributed by atoms with Crippen LogP contribution < -0.4 is 0 Å². The highest BCUT2D eigenvalue weighted by molar-refractivity contribution is 5.82. The van der Waals surface area contributed by atoms with Gasteiger partial charge in [-0.1, -0.05) is 12.8 Å². The number of carboxylic acid groups (broad SMARTS) is 1. The molecule has 2 aliphatic rings. The van der Waals surface area contributed by atoms with Gasteiger partial charge in [-0.15, -0.1) is 0 Å². The summed E-state index contributed by atoms with van der Waals surface area (Å²) in [4.78, 5) is 29.8. The summed E-state index contributed by atoms with van der Waals surface area (Å²) < 4.78 is 0. The Labute approximate surface area is 126 Å². The minimum atomic E-state index is -0.869. The van der Waals surface area contributed by atoms with Crippen LogP contribution in [0.1, 0.15) is 38.5 Å². The van der Waals surface area contributed by atoms with Crippen molar-refractivity contribution in [3.63, 3.8) is 0 Å². The van der Waals surface area contributed by atoms with Crippen molar-refractivity contribution in [3.05, 3.63) is 0 Å². The van der Waals surface area contributed by atoms with Crippen molar-refractivity contribution in [2.75, 3.05) is 33.7 Å². The summed E-state index contributed by atoms with van der Waals surface area (Å²) >= 11 is 0. The number of aliphatic carboxylic acids is 1. The van der Waals surface area contributed by atoms with Gasteiger partial charge in [0, 0.05) is 25.7 Å². The van der Waals surface area contributed by atoms with E-state index in [0.29, 0.717) is 25.6 Å². The van der Waals surface area contributed by atoms with Crippen LogP contribution in [0.4, 0.5) is 4.79 Å². The summed E-state index contributed by atoms with van der Waals surface area (Å²) in [7, 11) is 4.06. The number of likely N-dealkylation sites (N-methyl/N-ethyl adjacent to an activating group) is 1. The van der Waals surface area contributed by atoms with Crippen molar-refractivity contribution >= 4 is 12.0 Å². The fraction of sp³-hybridized carbons (Fsp3) is 0.867. The number of amides is 2. The highest BCUT2D eigenvalue weighted by atomic mass is 16.4. The quantitative estimate of drug-likeness (QED) is 0.838. The van der Waals surface area contributed by atoms with Crippen molar-refractivity contribution in [3.8, 4) is 0 Å². The van der Waals surface area contributed by atoms with Crippen LogP contribution in [0.5, 0.6) is 0 Å². The Hall–Kier alpha value is -1.30. The van der Waals surface area contributed by atoms with Crippen molar-refractivity contribution in [1.29, 1.82) is 0 Å². The molecule has 2 saturated heterocycles. The van der Waals surface area contributed by atoms with Crippen molar-refractivity contribution < 1.29 is 14.7 Å². The molecular weight excluding hydrogens is 270 g/mol. The van der Waals surface area contributed by atoms with Gasteiger partial charge in [-0.3, -0.25) is 0 Å². The first-order valence-corrected chi connectivity index (χ1v) is 7.95. The molecule has 0 aromatic rings. The number of nitrogens with zero attached hydrogens (tertiary/aromatic N) is 3. The molecule has 0 saturated carbocycles. The number of carboxylic acids is 1. The number of rotatable bonds is 2. The Morgan fingerprint density at radius 3 is 2.48 bits per heavy atom. The van der Waals surface area contributed by atoms with Gasteiger partial charge in [0.15, 0.2) is 0 Å². The molecule has 2 amide bonds. The first-order chi connectivity index (χ1) is 10.0. The highest BCUT2D eigenvalue weighted by Gasteiger charge is 2.35. The number of carbonyl (C=O) groups excluding carboxylic acids is 1. The van der Waals surface area contributed by atoms with Gasteiger partial charge >= 0.3 is 12.0 Å². The van der Waals surface area contributed by atoms with E-state index in [4.69, 9.17) is 0 Å². The zero-order chi connectivity index (χ0) is 15.4. The molecule has 1 N–H and O–H groups in total. The molecule has 2 fully saturated rings. The zero-order valence-electron chi connectivity index (χ0n) is 13.1. The van der Waals surface area contributed by atoms with E-state index >= 15 is 0 Å². The SMILES string of the molecule is CN(C)C1CCCN(C(=O)N2CCCCCC2C(=O)O)C1. The molecule has 0 aliphatic carbocycles. The number of piperidine rings is 1. The van der Waals surface area contributed by atoms with E-state index in [1.54, 1.807) is 4.90 Å². The first kappa shape index (κ1) is 16.1. The second kappa shape index (κ2) is 7.11. The molecule has 2 heterocycles. The predicted octanol–water partition coefficient (Wildman–Crippen LogP) is 1.46. The Bertz CT molecular complexity index is 386. The van der Waals surface area contributed by atoms with Crippen molar-refractivity contribution in [1.82, 2.24) is 14.7 Å². The zero-order valence-corrected chi connectivity index (χ0v) is 13.1. The molecule has 0 bridgehead atoms. The van der Waals surface area contributed by atoms with Crippen LogP contribution >= 0.6 is 0 Å². The molecule has 0 spiro atoms. The van der Waals surface area contributed by atoms with Crippen LogP contribution in [0.25, 0.3) is 0 Å². The maximum absolute atomic E-state index is 12.8. The molecule has 120 valence electrons. The van der Waals surface area contributed by atoms with Crippen LogP contribution in [-0.4, -0.2) is 77.6 Å². The fourth-order valence-electron chi connectivity index (χ4n) is 3.33. The lowest BCUT2D eigenvalue weighted by Gasteiger charge is -2.39. The van der Waals surface area contributed by atoms with Gasteiger partial charge in [-0.2, -0.15) is 0 Å². The maximum atomic E-state index is 12.8. The molecule has 6 nitrogen and oxygen atoms in total. The Morgan fingerprint density at radius 1 is 1.05 bits per heavy atom. The molecular formula is C15H27N3O3. The first-order valence-electron chi connectivity index (χ1n) is 7.95.